The molecule has 0 bridgehead atoms. The first-order valence-corrected chi connectivity index (χ1v) is 5.21. The second kappa shape index (κ2) is 3.48. The Morgan fingerprint density at radius 1 is 1.19 bits per heavy atom. The molecular formula is C12H11N3O. The lowest BCUT2D eigenvalue weighted by Crippen LogP contribution is -2.14. The molecule has 4 heteroatoms. The van der Waals surface area contributed by atoms with Gasteiger partial charge >= 0.3 is 0 Å². The molecule has 1 aromatic heterocycles. The highest BCUT2D eigenvalue weighted by Crippen LogP contribution is 2.16. The number of fused-ring (bicyclic) bond motifs is 1. The van der Waals surface area contributed by atoms with E-state index in [-0.39, 0.29) is 0 Å². The number of rotatable bonds is 1. The molecule has 0 aliphatic carbocycles. The molecule has 0 amide bonds. The normalized spacial score (nSPS) is 15.5. The molecular weight excluding hydrogens is 202 g/mol. The smallest absolute Gasteiger partial charge is 0.194 e. The summed E-state index contributed by atoms with van der Waals surface area (Å²) in [6.07, 6.45) is 0. The molecule has 1 aromatic carbocycles. The van der Waals surface area contributed by atoms with Crippen molar-refractivity contribution in [1.82, 2.24) is 9.88 Å². The van der Waals surface area contributed by atoms with Gasteiger partial charge in [0.05, 0.1) is 5.52 Å². The summed E-state index contributed by atoms with van der Waals surface area (Å²) in [6.45, 7) is 1.88. The van der Waals surface area contributed by atoms with Gasteiger partial charge in [-0.1, -0.05) is 29.4 Å². The van der Waals surface area contributed by atoms with Gasteiger partial charge in [-0.3, -0.25) is 0 Å². The summed E-state index contributed by atoms with van der Waals surface area (Å²) in [7, 11) is 0. The maximum Gasteiger partial charge on any atom is 0.194 e. The van der Waals surface area contributed by atoms with Crippen LogP contribution in [0.3, 0.4) is 0 Å². The fourth-order valence-electron chi connectivity index (χ4n) is 1.73. The minimum absolute atomic E-state index is 0.561. The van der Waals surface area contributed by atoms with Crippen LogP contribution in [-0.2, 0) is 0 Å². The molecule has 80 valence electrons. The van der Waals surface area contributed by atoms with Gasteiger partial charge in [0.25, 0.3) is 0 Å². The van der Waals surface area contributed by atoms with Gasteiger partial charge in [0.1, 0.15) is 5.69 Å². The van der Waals surface area contributed by atoms with E-state index >= 15 is 0 Å². The van der Waals surface area contributed by atoms with Crippen molar-refractivity contribution in [2.75, 3.05) is 13.1 Å². The highest BCUT2D eigenvalue weighted by molar-refractivity contribution is 5.99. The third kappa shape index (κ3) is 1.48. The summed E-state index contributed by atoms with van der Waals surface area (Å²) < 4.78 is 0. The van der Waals surface area contributed by atoms with Crippen LogP contribution in [0.2, 0.25) is 0 Å². The van der Waals surface area contributed by atoms with Crippen molar-refractivity contribution >= 4 is 16.7 Å². The standard InChI is InChI=1S/C12H11N3O/c16-14-12(15-7-8-15)11-6-5-9-3-1-2-4-10(9)13-11/h1-6,16H,7-8H2. The van der Waals surface area contributed by atoms with Crippen LogP contribution in [-0.4, -0.2) is 34.0 Å². The molecule has 1 N–H and O–H groups in total. The Hall–Kier alpha value is -2.10. The van der Waals surface area contributed by atoms with Gasteiger partial charge in [0, 0.05) is 18.5 Å². The fourth-order valence-corrected chi connectivity index (χ4v) is 1.73. The maximum atomic E-state index is 8.97. The van der Waals surface area contributed by atoms with E-state index in [1.54, 1.807) is 0 Å². The van der Waals surface area contributed by atoms with E-state index in [1.807, 2.05) is 41.3 Å². The molecule has 0 unspecified atom stereocenters. The molecule has 1 saturated heterocycles. The number of pyridine rings is 1. The van der Waals surface area contributed by atoms with Gasteiger partial charge in [-0.25, -0.2) is 4.98 Å². The summed E-state index contributed by atoms with van der Waals surface area (Å²) in [4.78, 5) is 6.44. The van der Waals surface area contributed by atoms with E-state index < -0.39 is 0 Å². The lowest BCUT2D eigenvalue weighted by atomic mass is 10.2. The third-order valence-electron chi connectivity index (χ3n) is 2.67. The van der Waals surface area contributed by atoms with Crippen molar-refractivity contribution in [3.63, 3.8) is 0 Å². The van der Waals surface area contributed by atoms with E-state index in [9.17, 15) is 0 Å². The molecule has 2 heterocycles. The average molecular weight is 213 g/mol. The highest BCUT2D eigenvalue weighted by atomic mass is 16.4. The predicted molar refractivity (Wildman–Crippen MR) is 61.6 cm³/mol. The molecule has 0 atom stereocenters. The van der Waals surface area contributed by atoms with E-state index in [4.69, 9.17) is 5.21 Å². The van der Waals surface area contributed by atoms with Crippen LogP contribution in [0.15, 0.2) is 41.6 Å². The number of aromatic nitrogens is 1. The molecule has 1 aliphatic rings. The van der Waals surface area contributed by atoms with Crippen LogP contribution < -0.4 is 0 Å². The second-order valence-electron chi connectivity index (χ2n) is 3.80. The summed E-state index contributed by atoms with van der Waals surface area (Å²) in [5.41, 5.74) is 1.64. The molecule has 0 radical (unpaired) electrons. The van der Waals surface area contributed by atoms with Crippen LogP contribution in [0.4, 0.5) is 0 Å². The molecule has 2 aromatic rings. The van der Waals surface area contributed by atoms with E-state index in [2.05, 4.69) is 10.1 Å². The summed E-state index contributed by atoms with van der Waals surface area (Å²) in [6, 6.07) is 11.8. The Bertz CT molecular complexity index is 561. The molecule has 1 fully saturated rings. The van der Waals surface area contributed by atoms with Crippen molar-refractivity contribution < 1.29 is 5.21 Å². The lowest BCUT2D eigenvalue weighted by Gasteiger charge is -2.05. The molecule has 1 aliphatic heterocycles. The minimum Gasteiger partial charge on any atom is -0.409 e. The monoisotopic (exact) mass is 213 g/mol. The Kier molecular flexibility index (Phi) is 1.99. The number of hydrogen-bond donors (Lipinski definition) is 1. The quantitative estimate of drug-likeness (QED) is 0.258. The van der Waals surface area contributed by atoms with Crippen LogP contribution >= 0.6 is 0 Å². The van der Waals surface area contributed by atoms with E-state index in [0.29, 0.717) is 5.84 Å². The summed E-state index contributed by atoms with van der Waals surface area (Å²) in [5.74, 6) is 0.561. The topological polar surface area (TPSA) is 48.5 Å². The first-order valence-electron chi connectivity index (χ1n) is 5.21. The Balaban J connectivity index is 2.10. The third-order valence-corrected chi connectivity index (χ3v) is 2.67. The van der Waals surface area contributed by atoms with Crippen molar-refractivity contribution in [3.05, 3.63) is 42.1 Å². The zero-order valence-corrected chi connectivity index (χ0v) is 8.67. The summed E-state index contributed by atoms with van der Waals surface area (Å²) in [5, 5.41) is 13.4. The maximum absolute atomic E-state index is 8.97. The zero-order chi connectivity index (χ0) is 11.0. The molecule has 0 spiro atoms. The average Bonchev–Trinajstić information content (AvgIpc) is 3.14. The van der Waals surface area contributed by atoms with Crippen LogP contribution in [0.5, 0.6) is 0 Å². The number of para-hydroxylation sites is 1. The van der Waals surface area contributed by atoms with Gasteiger partial charge in [-0.2, -0.15) is 0 Å². The number of hydrogen-bond acceptors (Lipinski definition) is 3. The number of benzene rings is 1. The zero-order valence-electron chi connectivity index (χ0n) is 8.67. The SMILES string of the molecule is ON=C(c1ccc2ccccc2n1)N1CC1. The van der Waals surface area contributed by atoms with Gasteiger partial charge in [0.2, 0.25) is 0 Å². The largest absolute Gasteiger partial charge is 0.409 e. The van der Waals surface area contributed by atoms with Crippen LogP contribution in [0.1, 0.15) is 5.69 Å². The minimum atomic E-state index is 0.561. The first-order chi connectivity index (χ1) is 7.88. The number of nitrogens with zero attached hydrogens (tertiary/aromatic N) is 3. The van der Waals surface area contributed by atoms with E-state index in [0.717, 1.165) is 29.7 Å². The van der Waals surface area contributed by atoms with Gasteiger partial charge in [-0.15, -0.1) is 0 Å². The van der Waals surface area contributed by atoms with Crippen molar-refractivity contribution in [3.8, 4) is 0 Å². The van der Waals surface area contributed by atoms with Gasteiger partial charge < -0.3 is 10.1 Å². The molecule has 0 saturated carbocycles. The molecule has 3 rings (SSSR count). The lowest BCUT2D eigenvalue weighted by molar-refractivity contribution is 0.314. The van der Waals surface area contributed by atoms with Gasteiger partial charge in [0.15, 0.2) is 5.84 Å². The summed E-state index contributed by atoms with van der Waals surface area (Å²) >= 11 is 0. The Morgan fingerprint density at radius 3 is 2.75 bits per heavy atom. The molecule has 4 nitrogen and oxygen atoms in total. The van der Waals surface area contributed by atoms with Crippen LogP contribution in [0, 0.1) is 0 Å². The van der Waals surface area contributed by atoms with Crippen molar-refractivity contribution in [1.29, 1.82) is 0 Å². The number of oxime groups is 1. The van der Waals surface area contributed by atoms with Crippen molar-refractivity contribution in [2.24, 2.45) is 5.16 Å². The molecule has 16 heavy (non-hydrogen) atoms. The van der Waals surface area contributed by atoms with Crippen LogP contribution in [0.25, 0.3) is 10.9 Å². The first kappa shape index (κ1) is 9.15. The Morgan fingerprint density at radius 2 is 2.00 bits per heavy atom. The van der Waals surface area contributed by atoms with Crippen molar-refractivity contribution in [2.45, 2.75) is 0 Å². The van der Waals surface area contributed by atoms with E-state index in [1.165, 1.54) is 0 Å². The second-order valence-corrected chi connectivity index (χ2v) is 3.80. The van der Waals surface area contributed by atoms with Gasteiger partial charge in [-0.05, 0) is 12.1 Å². The fraction of sp³-hybridized carbons (Fsp3) is 0.167. The Labute approximate surface area is 92.8 Å². The number of amidine groups is 1. The highest BCUT2D eigenvalue weighted by Gasteiger charge is 2.25. The predicted octanol–water partition coefficient (Wildman–Crippen LogP) is 1.69.